The second-order valence-corrected chi connectivity index (χ2v) is 6.23. The Labute approximate surface area is 132 Å². The van der Waals surface area contributed by atoms with Crippen LogP contribution in [0.2, 0.25) is 0 Å². The van der Waals surface area contributed by atoms with Crippen LogP contribution in [0.15, 0.2) is 0 Å². The van der Waals surface area contributed by atoms with Gasteiger partial charge in [0.05, 0.1) is 0 Å². The summed E-state index contributed by atoms with van der Waals surface area (Å²) in [5, 5.41) is 3.08. The van der Waals surface area contributed by atoms with E-state index < -0.39 is 0 Å². The highest BCUT2D eigenvalue weighted by molar-refractivity contribution is 5.76. The largest absolute Gasteiger partial charge is 0.352 e. The third-order valence-electron chi connectivity index (χ3n) is 4.28. The van der Waals surface area contributed by atoms with Crippen LogP contribution in [-0.2, 0) is 4.79 Å². The summed E-state index contributed by atoms with van der Waals surface area (Å²) in [6.45, 7) is 6.40. The van der Waals surface area contributed by atoms with Crippen molar-refractivity contribution in [3.63, 3.8) is 0 Å². The van der Waals surface area contributed by atoms with Crippen LogP contribution in [0.1, 0.15) is 97.8 Å². The van der Waals surface area contributed by atoms with Gasteiger partial charge in [-0.2, -0.15) is 0 Å². The number of unbranched alkanes of at least 4 members (excludes halogenated alkanes) is 8. The Bertz CT molecular complexity index is 243. The van der Waals surface area contributed by atoms with Crippen molar-refractivity contribution in [3.05, 3.63) is 0 Å². The van der Waals surface area contributed by atoms with Gasteiger partial charge in [-0.05, 0) is 19.3 Å². The van der Waals surface area contributed by atoms with Crippen LogP contribution >= 0.6 is 0 Å². The molecule has 3 heteroatoms. The molecular weight excluding hydrogens is 260 g/mol. The van der Waals surface area contributed by atoms with Gasteiger partial charge in [0, 0.05) is 18.5 Å². The van der Waals surface area contributed by atoms with E-state index in [0.717, 1.165) is 19.3 Å². The Kier molecular flexibility index (Phi) is 14.0. The smallest absolute Gasteiger partial charge is 0.220 e. The lowest BCUT2D eigenvalue weighted by molar-refractivity contribution is -0.122. The highest BCUT2D eigenvalue weighted by Crippen LogP contribution is 2.10. The third kappa shape index (κ3) is 11.7. The zero-order chi connectivity index (χ0) is 15.9. The minimum absolute atomic E-state index is 0.0853. The van der Waals surface area contributed by atoms with Gasteiger partial charge >= 0.3 is 0 Å². The molecule has 2 atom stereocenters. The molecule has 0 aromatic rings. The highest BCUT2D eigenvalue weighted by Gasteiger charge is 2.16. The molecule has 0 aliphatic heterocycles. The lowest BCUT2D eigenvalue weighted by Crippen LogP contribution is -2.46. The van der Waals surface area contributed by atoms with E-state index in [1.807, 2.05) is 0 Å². The molecule has 0 fully saturated rings. The van der Waals surface area contributed by atoms with Crippen LogP contribution in [0.5, 0.6) is 0 Å². The molecule has 2 unspecified atom stereocenters. The molecule has 0 saturated carbocycles. The molecule has 0 aromatic heterocycles. The number of carbonyl (C=O) groups is 1. The SMILES string of the molecule is CCCCCCCCCCCC(=O)NC(CC)C(N)CC. The van der Waals surface area contributed by atoms with E-state index in [2.05, 4.69) is 26.1 Å². The van der Waals surface area contributed by atoms with Gasteiger partial charge < -0.3 is 11.1 Å². The van der Waals surface area contributed by atoms with Crippen LogP contribution < -0.4 is 11.1 Å². The normalized spacial score (nSPS) is 13.9. The second-order valence-electron chi connectivity index (χ2n) is 6.23. The number of nitrogens with two attached hydrogens (primary N) is 1. The quantitative estimate of drug-likeness (QED) is 0.463. The summed E-state index contributed by atoms with van der Waals surface area (Å²) in [5.41, 5.74) is 6.01. The standard InChI is InChI=1S/C18H38N2O/c1-4-7-8-9-10-11-12-13-14-15-18(21)20-17(6-3)16(19)5-2/h16-17H,4-15,19H2,1-3H3,(H,20,21). The molecule has 3 N–H and O–H groups in total. The predicted molar refractivity (Wildman–Crippen MR) is 92.3 cm³/mol. The maximum Gasteiger partial charge on any atom is 0.220 e. The summed E-state index contributed by atoms with van der Waals surface area (Å²) in [5.74, 6) is 0.175. The zero-order valence-electron chi connectivity index (χ0n) is 14.6. The van der Waals surface area contributed by atoms with Crippen LogP contribution in [0.4, 0.5) is 0 Å². The fourth-order valence-electron chi connectivity index (χ4n) is 2.67. The molecule has 0 radical (unpaired) electrons. The molecule has 3 nitrogen and oxygen atoms in total. The van der Waals surface area contributed by atoms with Gasteiger partial charge in [0.15, 0.2) is 0 Å². The third-order valence-corrected chi connectivity index (χ3v) is 4.28. The molecule has 0 rings (SSSR count). The molecule has 0 saturated heterocycles. The maximum atomic E-state index is 11.9. The van der Waals surface area contributed by atoms with E-state index in [1.165, 1.54) is 51.4 Å². The summed E-state index contributed by atoms with van der Waals surface area (Å²) in [6, 6.07) is 0.225. The van der Waals surface area contributed by atoms with Crippen molar-refractivity contribution in [3.8, 4) is 0 Å². The monoisotopic (exact) mass is 298 g/mol. The molecule has 0 aliphatic rings. The Balaban J connectivity index is 3.49. The van der Waals surface area contributed by atoms with E-state index in [-0.39, 0.29) is 18.0 Å². The minimum Gasteiger partial charge on any atom is -0.352 e. The van der Waals surface area contributed by atoms with Crippen molar-refractivity contribution in [1.29, 1.82) is 0 Å². The fraction of sp³-hybridized carbons (Fsp3) is 0.944. The first-order chi connectivity index (χ1) is 10.2. The van der Waals surface area contributed by atoms with Crippen molar-refractivity contribution in [2.75, 3.05) is 0 Å². The van der Waals surface area contributed by atoms with E-state index in [0.29, 0.717) is 6.42 Å². The van der Waals surface area contributed by atoms with Gasteiger partial charge in [-0.3, -0.25) is 4.79 Å². The van der Waals surface area contributed by atoms with E-state index in [9.17, 15) is 4.79 Å². The van der Waals surface area contributed by atoms with Crippen molar-refractivity contribution in [1.82, 2.24) is 5.32 Å². The number of hydrogen-bond acceptors (Lipinski definition) is 2. The fourth-order valence-corrected chi connectivity index (χ4v) is 2.67. The average molecular weight is 299 g/mol. The summed E-state index contributed by atoms with van der Waals surface area (Å²) in [4.78, 5) is 11.9. The average Bonchev–Trinajstić information content (AvgIpc) is 2.50. The lowest BCUT2D eigenvalue weighted by atomic mass is 10.0. The topological polar surface area (TPSA) is 55.1 Å². The first-order valence-corrected chi connectivity index (χ1v) is 9.20. The maximum absolute atomic E-state index is 11.9. The van der Waals surface area contributed by atoms with Crippen molar-refractivity contribution in [2.45, 2.75) is 110 Å². The molecule has 0 aromatic carbocycles. The van der Waals surface area contributed by atoms with E-state index in [4.69, 9.17) is 5.73 Å². The van der Waals surface area contributed by atoms with Crippen LogP contribution in [0, 0.1) is 0 Å². The van der Waals surface area contributed by atoms with E-state index >= 15 is 0 Å². The first kappa shape index (κ1) is 20.4. The Morgan fingerprint density at radius 3 is 1.86 bits per heavy atom. The number of hydrogen-bond donors (Lipinski definition) is 2. The lowest BCUT2D eigenvalue weighted by Gasteiger charge is -2.22. The number of nitrogens with one attached hydrogen (secondary N) is 1. The molecule has 0 heterocycles. The van der Waals surface area contributed by atoms with Gasteiger partial charge in [-0.25, -0.2) is 0 Å². The number of amides is 1. The second kappa shape index (κ2) is 14.4. The predicted octanol–water partition coefficient (Wildman–Crippen LogP) is 4.54. The molecule has 126 valence electrons. The Hall–Kier alpha value is -0.570. The molecule has 0 spiro atoms. The molecule has 1 amide bonds. The highest BCUT2D eigenvalue weighted by atomic mass is 16.1. The molecule has 0 bridgehead atoms. The first-order valence-electron chi connectivity index (χ1n) is 9.20. The number of rotatable bonds is 14. The summed E-state index contributed by atoms with van der Waals surface area (Å²) < 4.78 is 0. The van der Waals surface area contributed by atoms with Gasteiger partial charge in [0.2, 0.25) is 5.91 Å². The van der Waals surface area contributed by atoms with E-state index in [1.54, 1.807) is 0 Å². The summed E-state index contributed by atoms with van der Waals surface area (Å²) in [7, 11) is 0. The van der Waals surface area contributed by atoms with Crippen molar-refractivity contribution >= 4 is 5.91 Å². The summed E-state index contributed by atoms with van der Waals surface area (Å²) >= 11 is 0. The zero-order valence-corrected chi connectivity index (χ0v) is 14.6. The number of carbonyl (C=O) groups excluding carboxylic acids is 1. The molecule has 21 heavy (non-hydrogen) atoms. The Morgan fingerprint density at radius 1 is 0.857 bits per heavy atom. The van der Waals surface area contributed by atoms with Crippen molar-refractivity contribution < 1.29 is 4.79 Å². The van der Waals surface area contributed by atoms with Crippen molar-refractivity contribution in [2.24, 2.45) is 5.73 Å². The van der Waals surface area contributed by atoms with Crippen LogP contribution in [0.25, 0.3) is 0 Å². The molecule has 0 aliphatic carbocycles. The summed E-state index contributed by atoms with van der Waals surface area (Å²) in [6.07, 6.45) is 14.1. The minimum atomic E-state index is 0.0853. The van der Waals surface area contributed by atoms with Gasteiger partial charge in [0.25, 0.3) is 0 Å². The van der Waals surface area contributed by atoms with Gasteiger partial charge in [-0.1, -0.05) is 72.1 Å². The van der Waals surface area contributed by atoms with Crippen LogP contribution in [-0.4, -0.2) is 18.0 Å². The Morgan fingerprint density at radius 2 is 1.38 bits per heavy atom. The van der Waals surface area contributed by atoms with Gasteiger partial charge in [0.1, 0.15) is 0 Å². The van der Waals surface area contributed by atoms with Gasteiger partial charge in [-0.15, -0.1) is 0 Å². The van der Waals surface area contributed by atoms with Crippen LogP contribution in [0.3, 0.4) is 0 Å². The molecular formula is C18H38N2O.